The molecule has 0 radical (unpaired) electrons. The zero-order chi connectivity index (χ0) is 16.5. The Hall–Kier alpha value is -2.70. The molecule has 0 saturated carbocycles. The van der Waals surface area contributed by atoms with Crippen molar-refractivity contribution in [2.75, 3.05) is 5.32 Å². The minimum atomic E-state index is -0.200. The predicted molar refractivity (Wildman–Crippen MR) is 96.1 cm³/mol. The van der Waals surface area contributed by atoms with Gasteiger partial charge in [-0.25, -0.2) is 9.97 Å². The maximum absolute atomic E-state index is 12.1. The van der Waals surface area contributed by atoms with Gasteiger partial charge in [-0.3, -0.25) is 9.36 Å². The van der Waals surface area contributed by atoms with E-state index >= 15 is 0 Å². The highest BCUT2D eigenvalue weighted by Crippen LogP contribution is 2.23. The van der Waals surface area contributed by atoms with Crippen LogP contribution in [0, 0.1) is 0 Å². The number of halogens is 1. The van der Waals surface area contributed by atoms with Gasteiger partial charge in [0.25, 0.3) is 5.91 Å². The highest BCUT2D eigenvalue weighted by molar-refractivity contribution is 7.18. The Bertz CT molecular complexity index is 1020. The molecule has 0 saturated heterocycles. The van der Waals surface area contributed by atoms with Gasteiger partial charge in [0.1, 0.15) is 12.1 Å². The Morgan fingerprint density at radius 1 is 1.08 bits per heavy atom. The number of rotatable bonds is 3. The molecule has 24 heavy (non-hydrogen) atoms. The maximum atomic E-state index is 12.1. The molecule has 4 rings (SSSR count). The van der Waals surface area contributed by atoms with Crippen molar-refractivity contribution in [1.82, 2.24) is 14.5 Å². The molecule has 0 spiro atoms. The molecule has 0 fully saturated rings. The van der Waals surface area contributed by atoms with E-state index in [9.17, 15) is 4.79 Å². The quantitative estimate of drug-likeness (QED) is 0.593. The van der Waals surface area contributed by atoms with Gasteiger partial charge < -0.3 is 5.32 Å². The summed E-state index contributed by atoms with van der Waals surface area (Å²) in [6.45, 7) is 0. The summed E-state index contributed by atoms with van der Waals surface area (Å²) in [7, 11) is 0. The van der Waals surface area contributed by atoms with Crippen molar-refractivity contribution in [2.24, 2.45) is 0 Å². The van der Waals surface area contributed by atoms with Crippen LogP contribution in [0.4, 0.5) is 5.69 Å². The van der Waals surface area contributed by atoms with E-state index in [1.54, 1.807) is 24.7 Å². The number of aromatic nitrogens is 3. The van der Waals surface area contributed by atoms with E-state index in [0.29, 0.717) is 14.9 Å². The van der Waals surface area contributed by atoms with Gasteiger partial charge in [-0.1, -0.05) is 23.7 Å². The zero-order valence-electron chi connectivity index (χ0n) is 12.3. The number of benzene rings is 1. The molecule has 1 amide bonds. The second-order valence-electron chi connectivity index (χ2n) is 5.07. The minimum Gasteiger partial charge on any atom is -0.320 e. The van der Waals surface area contributed by atoms with Crippen molar-refractivity contribution in [2.45, 2.75) is 0 Å². The van der Waals surface area contributed by atoms with Crippen molar-refractivity contribution in [3.05, 3.63) is 70.3 Å². The summed E-state index contributed by atoms with van der Waals surface area (Å²) in [4.78, 5) is 21.4. The smallest absolute Gasteiger partial charge is 0.265 e. The number of para-hydroxylation sites is 2. The van der Waals surface area contributed by atoms with Crippen LogP contribution < -0.4 is 5.32 Å². The van der Waals surface area contributed by atoms with Crippen LogP contribution in [0.3, 0.4) is 0 Å². The standard InChI is InChI=1S/C17H11ClN4OS/c18-15-7-6-14(24-15)17(23)21-11-5-8-16(19-9-11)22-10-20-12-3-1-2-4-13(12)22/h1-10H,(H,21,23). The molecule has 3 aromatic heterocycles. The number of carbonyl (C=O) groups is 1. The van der Waals surface area contributed by atoms with E-state index in [4.69, 9.17) is 11.6 Å². The highest BCUT2D eigenvalue weighted by atomic mass is 35.5. The second-order valence-corrected chi connectivity index (χ2v) is 6.78. The van der Waals surface area contributed by atoms with Crippen LogP contribution in [-0.2, 0) is 0 Å². The van der Waals surface area contributed by atoms with Crippen LogP contribution in [-0.4, -0.2) is 20.4 Å². The number of amides is 1. The second kappa shape index (κ2) is 6.07. The van der Waals surface area contributed by atoms with Gasteiger partial charge in [-0.2, -0.15) is 0 Å². The van der Waals surface area contributed by atoms with Gasteiger partial charge in [-0.15, -0.1) is 11.3 Å². The fourth-order valence-electron chi connectivity index (χ4n) is 2.37. The molecule has 0 aliphatic carbocycles. The number of nitrogens with zero attached hydrogens (tertiary/aromatic N) is 3. The van der Waals surface area contributed by atoms with Gasteiger partial charge in [0.05, 0.1) is 32.1 Å². The molecular weight excluding hydrogens is 344 g/mol. The zero-order valence-corrected chi connectivity index (χ0v) is 13.9. The molecule has 0 atom stereocenters. The number of fused-ring (bicyclic) bond motifs is 1. The third kappa shape index (κ3) is 2.77. The lowest BCUT2D eigenvalue weighted by atomic mass is 10.3. The molecule has 0 unspecified atom stereocenters. The third-order valence-corrected chi connectivity index (χ3v) is 4.73. The van der Waals surface area contributed by atoms with Crippen LogP contribution >= 0.6 is 22.9 Å². The van der Waals surface area contributed by atoms with E-state index in [2.05, 4.69) is 15.3 Å². The molecule has 0 aliphatic heterocycles. The van der Waals surface area contributed by atoms with Crippen molar-refractivity contribution in [3.8, 4) is 5.82 Å². The van der Waals surface area contributed by atoms with Crippen LogP contribution in [0.1, 0.15) is 9.67 Å². The maximum Gasteiger partial charge on any atom is 0.265 e. The van der Waals surface area contributed by atoms with Crippen molar-refractivity contribution in [3.63, 3.8) is 0 Å². The fraction of sp³-hybridized carbons (Fsp3) is 0. The first-order chi connectivity index (χ1) is 11.7. The lowest BCUT2D eigenvalue weighted by molar-refractivity contribution is 0.103. The van der Waals surface area contributed by atoms with E-state index < -0.39 is 0 Å². The Morgan fingerprint density at radius 3 is 2.71 bits per heavy atom. The summed E-state index contributed by atoms with van der Waals surface area (Å²) in [5.74, 6) is 0.537. The summed E-state index contributed by atoms with van der Waals surface area (Å²) in [5.41, 5.74) is 2.51. The fourth-order valence-corrected chi connectivity index (χ4v) is 3.31. The van der Waals surface area contributed by atoms with Crippen LogP contribution in [0.15, 0.2) is 61.1 Å². The lowest BCUT2D eigenvalue weighted by Crippen LogP contribution is -2.10. The molecule has 0 aliphatic rings. The molecule has 5 nitrogen and oxygen atoms in total. The van der Waals surface area contributed by atoms with E-state index in [1.807, 2.05) is 41.0 Å². The van der Waals surface area contributed by atoms with Crippen molar-refractivity contribution >= 4 is 45.6 Å². The average Bonchev–Trinajstić information content (AvgIpc) is 3.22. The van der Waals surface area contributed by atoms with Gasteiger partial charge in [0, 0.05) is 0 Å². The Balaban J connectivity index is 1.57. The number of nitrogens with one attached hydrogen (secondary N) is 1. The predicted octanol–water partition coefficient (Wildman–Crippen LogP) is 4.39. The van der Waals surface area contributed by atoms with Gasteiger partial charge in [0.15, 0.2) is 0 Å². The van der Waals surface area contributed by atoms with Gasteiger partial charge in [0.2, 0.25) is 0 Å². The molecule has 1 N–H and O–H groups in total. The number of hydrogen-bond donors (Lipinski definition) is 1. The molecule has 3 heterocycles. The highest BCUT2D eigenvalue weighted by Gasteiger charge is 2.10. The lowest BCUT2D eigenvalue weighted by Gasteiger charge is -2.06. The first-order valence-corrected chi connectivity index (χ1v) is 8.35. The molecule has 118 valence electrons. The Labute approximate surface area is 146 Å². The van der Waals surface area contributed by atoms with Gasteiger partial charge >= 0.3 is 0 Å². The minimum absolute atomic E-state index is 0.200. The third-order valence-electron chi connectivity index (χ3n) is 3.50. The number of hydrogen-bond acceptors (Lipinski definition) is 4. The summed E-state index contributed by atoms with van der Waals surface area (Å²) in [6, 6.07) is 14.9. The molecule has 7 heteroatoms. The Kier molecular flexibility index (Phi) is 3.76. The molecule has 4 aromatic rings. The van der Waals surface area contributed by atoms with E-state index in [0.717, 1.165) is 16.9 Å². The van der Waals surface area contributed by atoms with Crippen LogP contribution in [0.5, 0.6) is 0 Å². The summed E-state index contributed by atoms with van der Waals surface area (Å²) in [6.07, 6.45) is 3.36. The molecule has 0 bridgehead atoms. The first kappa shape index (κ1) is 14.9. The molecular formula is C17H11ClN4OS. The average molecular weight is 355 g/mol. The summed E-state index contributed by atoms with van der Waals surface area (Å²) in [5, 5.41) is 2.81. The number of anilines is 1. The van der Waals surface area contributed by atoms with Crippen LogP contribution in [0.2, 0.25) is 4.34 Å². The number of carbonyl (C=O) groups excluding carboxylic acids is 1. The normalized spacial score (nSPS) is 10.9. The Morgan fingerprint density at radius 2 is 1.96 bits per heavy atom. The van der Waals surface area contributed by atoms with E-state index in [1.165, 1.54) is 11.3 Å². The number of imidazole rings is 1. The van der Waals surface area contributed by atoms with Crippen molar-refractivity contribution in [1.29, 1.82) is 0 Å². The first-order valence-electron chi connectivity index (χ1n) is 7.16. The summed E-state index contributed by atoms with van der Waals surface area (Å²) < 4.78 is 2.49. The van der Waals surface area contributed by atoms with Crippen molar-refractivity contribution < 1.29 is 4.79 Å². The molecule has 1 aromatic carbocycles. The largest absolute Gasteiger partial charge is 0.320 e. The number of thiophene rings is 1. The number of pyridine rings is 1. The SMILES string of the molecule is O=C(Nc1ccc(-n2cnc3ccccc32)nc1)c1ccc(Cl)s1. The monoisotopic (exact) mass is 354 g/mol. The van der Waals surface area contributed by atoms with E-state index in [-0.39, 0.29) is 5.91 Å². The topological polar surface area (TPSA) is 59.8 Å². The summed E-state index contributed by atoms with van der Waals surface area (Å²) >= 11 is 7.09. The van der Waals surface area contributed by atoms with Gasteiger partial charge in [-0.05, 0) is 36.4 Å². The van der Waals surface area contributed by atoms with Crippen LogP contribution in [0.25, 0.3) is 16.9 Å².